The second-order valence-corrected chi connectivity index (χ2v) is 6.38. The number of nitrogens with zero attached hydrogens (tertiary/aromatic N) is 1. The third kappa shape index (κ3) is 3.29. The highest BCUT2D eigenvalue weighted by Gasteiger charge is 2.42. The summed E-state index contributed by atoms with van der Waals surface area (Å²) < 4.78 is 5.33. The minimum Gasteiger partial charge on any atom is -0.379 e. The maximum atomic E-state index is 12.1. The van der Waals surface area contributed by atoms with Crippen molar-refractivity contribution in [3.63, 3.8) is 0 Å². The van der Waals surface area contributed by atoms with Gasteiger partial charge in [-0.25, -0.2) is 0 Å². The topological polar surface area (TPSA) is 41.6 Å². The number of ether oxygens (including phenoxy) is 1. The van der Waals surface area contributed by atoms with Crippen LogP contribution in [0.15, 0.2) is 0 Å². The van der Waals surface area contributed by atoms with Crippen LogP contribution in [0.25, 0.3) is 0 Å². The molecule has 2 aliphatic carbocycles. The molecule has 0 aromatic rings. The highest BCUT2D eigenvalue weighted by Crippen LogP contribution is 2.48. The molecule has 2 bridgehead atoms. The lowest BCUT2D eigenvalue weighted by molar-refractivity contribution is -0.126. The lowest BCUT2D eigenvalue weighted by Crippen LogP contribution is -2.39. The molecule has 19 heavy (non-hydrogen) atoms. The minimum atomic E-state index is 0.328. The van der Waals surface area contributed by atoms with Gasteiger partial charge in [0.15, 0.2) is 0 Å². The number of carbonyl (C=O) groups excluding carboxylic acids is 1. The summed E-state index contributed by atoms with van der Waals surface area (Å²) in [6, 6.07) is 0. The van der Waals surface area contributed by atoms with Crippen molar-refractivity contribution in [3.8, 4) is 0 Å². The van der Waals surface area contributed by atoms with Crippen LogP contribution >= 0.6 is 0 Å². The maximum absolute atomic E-state index is 12.1. The number of nitrogens with one attached hydrogen (secondary N) is 1. The van der Waals surface area contributed by atoms with Crippen LogP contribution in [0.5, 0.6) is 0 Å². The van der Waals surface area contributed by atoms with Gasteiger partial charge < -0.3 is 10.1 Å². The summed E-state index contributed by atoms with van der Waals surface area (Å²) in [5.74, 6) is 2.22. The van der Waals surface area contributed by atoms with Crippen LogP contribution in [-0.4, -0.2) is 50.2 Å². The van der Waals surface area contributed by atoms with Crippen molar-refractivity contribution < 1.29 is 9.53 Å². The minimum absolute atomic E-state index is 0.328. The number of rotatable bonds is 5. The maximum Gasteiger partial charge on any atom is 0.223 e. The van der Waals surface area contributed by atoms with Gasteiger partial charge >= 0.3 is 0 Å². The van der Waals surface area contributed by atoms with Crippen LogP contribution in [0.1, 0.15) is 32.1 Å². The molecule has 3 rings (SSSR count). The lowest BCUT2D eigenvalue weighted by atomic mass is 9.88. The molecule has 3 fully saturated rings. The Balaban J connectivity index is 1.30. The first-order valence-electron chi connectivity index (χ1n) is 7.91. The van der Waals surface area contributed by atoms with Crippen LogP contribution < -0.4 is 5.32 Å². The van der Waals surface area contributed by atoms with Crippen LogP contribution in [0, 0.1) is 17.8 Å². The summed E-state index contributed by atoms with van der Waals surface area (Å²) in [4.78, 5) is 14.6. The third-order valence-electron chi connectivity index (χ3n) is 5.13. The molecule has 0 aromatic heterocycles. The standard InChI is InChI=1S/C15H26N2O2/c18-15(14-11-12-2-3-13(14)10-12)16-4-1-5-17-6-8-19-9-7-17/h12-14H,1-11H2,(H,16,18)/t12-,13+,14-/m1/s1. The first-order chi connectivity index (χ1) is 9.33. The summed E-state index contributed by atoms with van der Waals surface area (Å²) in [6.45, 7) is 5.72. The molecule has 4 heteroatoms. The highest BCUT2D eigenvalue weighted by molar-refractivity contribution is 5.79. The largest absolute Gasteiger partial charge is 0.379 e. The Morgan fingerprint density at radius 2 is 2.05 bits per heavy atom. The van der Waals surface area contributed by atoms with E-state index in [0.717, 1.165) is 58.2 Å². The van der Waals surface area contributed by atoms with Gasteiger partial charge in [-0.05, 0) is 44.1 Å². The Morgan fingerprint density at radius 3 is 2.74 bits per heavy atom. The fourth-order valence-electron chi connectivity index (χ4n) is 4.04. The van der Waals surface area contributed by atoms with Crippen molar-refractivity contribution in [2.45, 2.75) is 32.1 Å². The van der Waals surface area contributed by atoms with E-state index in [4.69, 9.17) is 4.74 Å². The van der Waals surface area contributed by atoms with Crippen LogP contribution in [0.3, 0.4) is 0 Å². The van der Waals surface area contributed by atoms with Gasteiger partial charge in [-0.3, -0.25) is 9.69 Å². The van der Waals surface area contributed by atoms with Crippen molar-refractivity contribution in [2.75, 3.05) is 39.4 Å². The third-order valence-corrected chi connectivity index (χ3v) is 5.13. The van der Waals surface area contributed by atoms with Crippen molar-refractivity contribution in [1.82, 2.24) is 10.2 Å². The SMILES string of the molecule is O=C(NCCCN1CCOCC1)[C@@H]1C[C@@H]2CC[C@H]1C2. The van der Waals surface area contributed by atoms with E-state index in [1.165, 1.54) is 19.3 Å². The van der Waals surface area contributed by atoms with E-state index in [1.807, 2.05) is 0 Å². The van der Waals surface area contributed by atoms with Gasteiger partial charge in [-0.2, -0.15) is 0 Å². The molecule has 4 nitrogen and oxygen atoms in total. The predicted octanol–water partition coefficient (Wildman–Crippen LogP) is 1.26. The van der Waals surface area contributed by atoms with Crippen LogP contribution in [0.2, 0.25) is 0 Å². The summed E-state index contributed by atoms with van der Waals surface area (Å²) in [5.41, 5.74) is 0. The van der Waals surface area contributed by atoms with Crippen molar-refractivity contribution in [3.05, 3.63) is 0 Å². The van der Waals surface area contributed by atoms with Gasteiger partial charge in [0.1, 0.15) is 0 Å². The van der Waals surface area contributed by atoms with E-state index < -0.39 is 0 Å². The number of hydrogen-bond donors (Lipinski definition) is 1. The molecule has 0 radical (unpaired) electrons. The number of amides is 1. The van der Waals surface area contributed by atoms with Crippen molar-refractivity contribution in [1.29, 1.82) is 0 Å². The van der Waals surface area contributed by atoms with Gasteiger partial charge in [-0.15, -0.1) is 0 Å². The molecular weight excluding hydrogens is 240 g/mol. The first-order valence-corrected chi connectivity index (χ1v) is 7.91. The zero-order valence-corrected chi connectivity index (χ0v) is 11.8. The number of carbonyl (C=O) groups is 1. The summed E-state index contributed by atoms with van der Waals surface area (Å²) in [5, 5.41) is 3.15. The number of fused-ring (bicyclic) bond motifs is 2. The van der Waals surface area contributed by atoms with E-state index in [9.17, 15) is 4.79 Å². The Morgan fingerprint density at radius 1 is 1.21 bits per heavy atom. The van der Waals surface area contributed by atoms with Crippen LogP contribution in [0.4, 0.5) is 0 Å². The molecule has 1 N–H and O–H groups in total. The van der Waals surface area contributed by atoms with Gasteiger partial charge in [0.25, 0.3) is 0 Å². The predicted molar refractivity (Wildman–Crippen MR) is 73.8 cm³/mol. The molecule has 0 unspecified atom stereocenters. The molecule has 0 aromatic carbocycles. The molecule has 1 saturated heterocycles. The van der Waals surface area contributed by atoms with Crippen LogP contribution in [-0.2, 0) is 9.53 Å². The van der Waals surface area contributed by atoms with E-state index in [1.54, 1.807) is 0 Å². The quantitative estimate of drug-likeness (QED) is 0.762. The molecule has 1 heterocycles. The van der Waals surface area contributed by atoms with E-state index >= 15 is 0 Å². The normalized spacial score (nSPS) is 34.6. The Kier molecular flexibility index (Phi) is 4.38. The van der Waals surface area contributed by atoms with E-state index in [-0.39, 0.29) is 0 Å². The first kappa shape index (κ1) is 13.4. The number of hydrogen-bond acceptors (Lipinski definition) is 3. The molecule has 0 spiro atoms. The van der Waals surface area contributed by atoms with E-state index in [2.05, 4.69) is 10.2 Å². The monoisotopic (exact) mass is 266 g/mol. The summed E-state index contributed by atoms with van der Waals surface area (Å²) in [6.07, 6.45) is 6.18. The second-order valence-electron chi connectivity index (χ2n) is 6.38. The average Bonchev–Trinajstić information content (AvgIpc) is 3.07. The highest BCUT2D eigenvalue weighted by atomic mass is 16.5. The fraction of sp³-hybridized carbons (Fsp3) is 0.933. The number of morpholine rings is 1. The van der Waals surface area contributed by atoms with Gasteiger partial charge in [0.2, 0.25) is 5.91 Å². The average molecular weight is 266 g/mol. The molecule has 3 atom stereocenters. The molecule has 1 amide bonds. The summed E-state index contributed by atoms with van der Waals surface area (Å²) in [7, 11) is 0. The second kappa shape index (κ2) is 6.23. The molecule has 108 valence electrons. The zero-order valence-electron chi connectivity index (χ0n) is 11.8. The van der Waals surface area contributed by atoms with E-state index in [0.29, 0.717) is 17.7 Å². The fourth-order valence-corrected chi connectivity index (χ4v) is 4.04. The Labute approximate surface area is 115 Å². The van der Waals surface area contributed by atoms with Crippen molar-refractivity contribution >= 4 is 5.91 Å². The smallest absolute Gasteiger partial charge is 0.223 e. The zero-order chi connectivity index (χ0) is 13.1. The van der Waals surface area contributed by atoms with Gasteiger partial charge in [-0.1, -0.05) is 6.42 Å². The summed E-state index contributed by atoms with van der Waals surface area (Å²) >= 11 is 0. The van der Waals surface area contributed by atoms with Gasteiger partial charge in [0, 0.05) is 25.6 Å². The Bertz CT molecular complexity index is 315. The molecular formula is C15H26N2O2. The van der Waals surface area contributed by atoms with Crippen molar-refractivity contribution in [2.24, 2.45) is 17.8 Å². The van der Waals surface area contributed by atoms with Gasteiger partial charge in [0.05, 0.1) is 13.2 Å². The Hall–Kier alpha value is -0.610. The molecule has 2 saturated carbocycles. The molecule has 3 aliphatic rings. The lowest BCUT2D eigenvalue weighted by Gasteiger charge is -2.26. The molecule has 1 aliphatic heterocycles.